The van der Waals surface area contributed by atoms with Gasteiger partial charge in [-0.05, 0) is 24.6 Å². The third-order valence-corrected chi connectivity index (χ3v) is 8.40. The van der Waals surface area contributed by atoms with E-state index in [9.17, 15) is 9.59 Å². The lowest BCUT2D eigenvalue weighted by atomic mass is 10.1. The maximum absolute atomic E-state index is 11.6. The Kier molecular flexibility index (Phi) is 6.90. The van der Waals surface area contributed by atoms with Crippen molar-refractivity contribution in [3.63, 3.8) is 0 Å². The van der Waals surface area contributed by atoms with Gasteiger partial charge in [0.15, 0.2) is 8.32 Å². The van der Waals surface area contributed by atoms with Gasteiger partial charge in [-0.15, -0.1) is 0 Å². The van der Waals surface area contributed by atoms with Gasteiger partial charge in [-0.1, -0.05) is 34.6 Å². The van der Waals surface area contributed by atoms with Crippen molar-refractivity contribution in [2.45, 2.75) is 65.2 Å². The number of carbonyl (C=O) groups is 2. The lowest BCUT2D eigenvalue weighted by Crippen LogP contribution is -2.47. The molecule has 3 N–H and O–H groups in total. The third kappa shape index (κ3) is 6.05. The average Bonchev–Trinajstić information content (AvgIpc) is 2.25. The van der Waals surface area contributed by atoms with Crippen LogP contribution in [0.25, 0.3) is 0 Å². The third-order valence-electron chi connectivity index (χ3n) is 3.86. The molecule has 0 saturated carbocycles. The van der Waals surface area contributed by atoms with Crippen molar-refractivity contribution in [3.05, 3.63) is 0 Å². The van der Waals surface area contributed by atoms with Gasteiger partial charge in [-0.3, -0.25) is 9.59 Å². The number of primary amides is 1. The van der Waals surface area contributed by atoms with Crippen molar-refractivity contribution in [1.82, 2.24) is 5.32 Å². The van der Waals surface area contributed by atoms with Crippen LogP contribution in [0.3, 0.4) is 0 Å². The quantitative estimate of drug-likeness (QED) is 0.706. The van der Waals surface area contributed by atoms with Gasteiger partial charge in [-0.25, -0.2) is 0 Å². The summed E-state index contributed by atoms with van der Waals surface area (Å²) in [6, 6.07) is -0.658. The fraction of sp³-hybridized carbons (Fsp3) is 0.857. The molecule has 118 valence electrons. The minimum atomic E-state index is -1.83. The first kappa shape index (κ1) is 19.1. The Morgan fingerprint density at radius 1 is 1.25 bits per heavy atom. The Labute approximate surface area is 123 Å². The van der Waals surface area contributed by atoms with Gasteiger partial charge in [0, 0.05) is 12.5 Å². The molecule has 0 aliphatic rings. The second kappa shape index (κ2) is 7.22. The van der Waals surface area contributed by atoms with E-state index in [1.165, 1.54) is 0 Å². The lowest BCUT2D eigenvalue weighted by Gasteiger charge is -2.36. The summed E-state index contributed by atoms with van der Waals surface area (Å²) in [6.07, 6.45) is 0.417. The molecule has 0 saturated heterocycles. The first-order valence-corrected chi connectivity index (χ1v) is 10.0. The molecule has 2 amide bonds. The van der Waals surface area contributed by atoms with Crippen LogP contribution in [-0.2, 0) is 14.0 Å². The van der Waals surface area contributed by atoms with Crippen LogP contribution in [0, 0.1) is 5.92 Å². The highest BCUT2D eigenvalue weighted by atomic mass is 28.4. The van der Waals surface area contributed by atoms with Crippen molar-refractivity contribution < 1.29 is 14.0 Å². The van der Waals surface area contributed by atoms with Crippen molar-refractivity contribution >= 4 is 20.1 Å². The van der Waals surface area contributed by atoms with E-state index in [1.54, 1.807) is 13.8 Å². The number of carbonyl (C=O) groups excluding carboxylic acids is 2. The monoisotopic (exact) mass is 302 g/mol. The average molecular weight is 302 g/mol. The molecule has 0 fully saturated rings. The van der Waals surface area contributed by atoms with Gasteiger partial charge >= 0.3 is 0 Å². The summed E-state index contributed by atoms with van der Waals surface area (Å²) in [7, 11) is -1.83. The summed E-state index contributed by atoms with van der Waals surface area (Å²) >= 11 is 0. The van der Waals surface area contributed by atoms with Gasteiger partial charge < -0.3 is 15.5 Å². The Hall–Kier alpha value is -0.883. The molecule has 20 heavy (non-hydrogen) atoms. The number of amides is 2. The molecular formula is C14H30N2O3Si. The molecule has 0 aliphatic heterocycles. The molecule has 0 aromatic carbocycles. The van der Waals surface area contributed by atoms with Crippen molar-refractivity contribution in [2.24, 2.45) is 11.7 Å². The number of hydrogen-bond acceptors (Lipinski definition) is 3. The molecule has 0 aromatic rings. The van der Waals surface area contributed by atoms with E-state index in [4.69, 9.17) is 10.2 Å². The van der Waals surface area contributed by atoms with Crippen molar-refractivity contribution in [3.8, 4) is 0 Å². The molecule has 5 nitrogen and oxygen atoms in total. The highest BCUT2D eigenvalue weighted by Crippen LogP contribution is 2.36. The van der Waals surface area contributed by atoms with E-state index in [0.717, 1.165) is 0 Å². The molecular weight excluding hydrogens is 272 g/mol. The van der Waals surface area contributed by atoms with Crippen LogP contribution >= 0.6 is 0 Å². The molecule has 1 atom stereocenters. The normalized spacial score (nSPS) is 14.2. The van der Waals surface area contributed by atoms with Gasteiger partial charge in [0.2, 0.25) is 11.8 Å². The van der Waals surface area contributed by atoms with E-state index in [1.807, 2.05) is 0 Å². The molecule has 0 unspecified atom stereocenters. The molecule has 0 rings (SSSR count). The van der Waals surface area contributed by atoms with Crippen molar-refractivity contribution in [1.29, 1.82) is 0 Å². The fourth-order valence-electron chi connectivity index (χ4n) is 1.27. The summed E-state index contributed by atoms with van der Waals surface area (Å²) in [5.41, 5.74) is 5.32. The molecule has 0 aromatic heterocycles. The zero-order chi connectivity index (χ0) is 16.1. The fourth-order valence-corrected chi connectivity index (χ4v) is 2.33. The number of rotatable bonds is 7. The molecule has 0 radical (unpaired) electrons. The smallest absolute Gasteiger partial charge is 0.240 e. The summed E-state index contributed by atoms with van der Waals surface area (Å²) < 4.78 is 6.00. The first-order chi connectivity index (χ1) is 8.88. The SMILES string of the molecule is CC(C)C(=O)N[C@H](CCO[Si](C)(C)C(C)(C)C)C(N)=O. The summed E-state index contributed by atoms with van der Waals surface area (Å²) in [4.78, 5) is 23.0. The predicted octanol–water partition coefficient (Wildman–Crippen LogP) is 2.02. The second-order valence-electron chi connectivity index (χ2n) is 7.02. The minimum Gasteiger partial charge on any atom is -0.417 e. The van der Waals surface area contributed by atoms with Crippen LogP contribution in [-0.4, -0.2) is 32.8 Å². The van der Waals surface area contributed by atoms with Crippen LogP contribution < -0.4 is 11.1 Å². The van der Waals surface area contributed by atoms with Gasteiger partial charge in [0.25, 0.3) is 0 Å². The highest BCUT2D eigenvalue weighted by molar-refractivity contribution is 6.74. The minimum absolute atomic E-state index is 0.121. The van der Waals surface area contributed by atoms with E-state index in [-0.39, 0.29) is 16.9 Å². The standard InChI is InChI=1S/C14H30N2O3Si/c1-10(2)13(18)16-11(12(15)17)8-9-19-20(6,7)14(3,4)5/h10-11H,8-9H2,1-7H3,(H2,15,17)(H,16,18)/t11-/m1/s1. The van der Waals surface area contributed by atoms with Crippen LogP contribution in [0.2, 0.25) is 18.1 Å². The number of nitrogens with one attached hydrogen (secondary N) is 1. The Morgan fingerprint density at radius 3 is 2.10 bits per heavy atom. The number of nitrogens with two attached hydrogens (primary N) is 1. The van der Waals surface area contributed by atoms with Crippen LogP contribution in [0.4, 0.5) is 0 Å². The van der Waals surface area contributed by atoms with Crippen LogP contribution in [0.15, 0.2) is 0 Å². The molecule has 0 spiro atoms. The summed E-state index contributed by atoms with van der Waals surface area (Å²) in [6.45, 7) is 14.8. The van der Waals surface area contributed by atoms with Crippen molar-refractivity contribution in [2.75, 3.05) is 6.61 Å². The maximum Gasteiger partial charge on any atom is 0.240 e. The van der Waals surface area contributed by atoms with Gasteiger partial charge in [-0.2, -0.15) is 0 Å². The van der Waals surface area contributed by atoms with E-state index in [2.05, 4.69) is 39.2 Å². The molecule has 0 heterocycles. The molecule has 0 aliphatic carbocycles. The van der Waals surface area contributed by atoms with Crippen LogP contribution in [0.5, 0.6) is 0 Å². The second-order valence-corrected chi connectivity index (χ2v) is 11.8. The summed E-state index contributed by atoms with van der Waals surface area (Å²) in [5, 5.41) is 2.78. The van der Waals surface area contributed by atoms with Gasteiger partial charge in [0.1, 0.15) is 6.04 Å². The van der Waals surface area contributed by atoms with E-state index in [0.29, 0.717) is 13.0 Å². The largest absolute Gasteiger partial charge is 0.417 e. The first-order valence-electron chi connectivity index (χ1n) is 7.12. The number of hydrogen-bond donors (Lipinski definition) is 2. The molecule has 0 bridgehead atoms. The Balaban J connectivity index is 4.44. The zero-order valence-electron chi connectivity index (χ0n) is 13.9. The summed E-state index contributed by atoms with van der Waals surface area (Å²) in [5.74, 6) is -0.850. The lowest BCUT2D eigenvalue weighted by molar-refractivity contribution is -0.129. The topological polar surface area (TPSA) is 81.4 Å². The van der Waals surface area contributed by atoms with E-state index >= 15 is 0 Å². The van der Waals surface area contributed by atoms with Gasteiger partial charge in [0.05, 0.1) is 0 Å². The zero-order valence-corrected chi connectivity index (χ0v) is 14.9. The maximum atomic E-state index is 11.6. The van der Waals surface area contributed by atoms with E-state index < -0.39 is 20.3 Å². The molecule has 6 heteroatoms. The van der Waals surface area contributed by atoms with Crippen LogP contribution in [0.1, 0.15) is 41.0 Å². The highest BCUT2D eigenvalue weighted by Gasteiger charge is 2.37. The predicted molar refractivity (Wildman–Crippen MR) is 83.7 cm³/mol. The Morgan fingerprint density at radius 2 is 1.75 bits per heavy atom. The Bertz CT molecular complexity index is 349.